The van der Waals surface area contributed by atoms with Crippen molar-refractivity contribution in [2.75, 3.05) is 12.4 Å². The smallest absolute Gasteiger partial charge is 0.412 e. The van der Waals surface area contributed by atoms with Gasteiger partial charge in [-0.25, -0.2) is 9.59 Å². The summed E-state index contributed by atoms with van der Waals surface area (Å²) in [5, 5.41) is 3.03. The van der Waals surface area contributed by atoms with E-state index in [0.29, 0.717) is 16.7 Å². The lowest BCUT2D eigenvalue weighted by Crippen LogP contribution is -2.18. The third kappa shape index (κ3) is 3.38. The van der Waals surface area contributed by atoms with Crippen LogP contribution in [-0.4, -0.2) is 13.2 Å². The fourth-order valence-electron chi connectivity index (χ4n) is 2.23. The van der Waals surface area contributed by atoms with E-state index in [1.165, 1.54) is 13.2 Å². The second kappa shape index (κ2) is 6.87. The predicted molar refractivity (Wildman–Crippen MR) is 89.3 cm³/mol. The highest BCUT2D eigenvalue weighted by atomic mass is 16.5. The van der Waals surface area contributed by atoms with Crippen molar-refractivity contribution in [1.29, 1.82) is 0 Å². The van der Waals surface area contributed by atoms with Crippen LogP contribution in [0.5, 0.6) is 5.75 Å². The average molecular weight is 325 g/mol. The van der Waals surface area contributed by atoms with Crippen molar-refractivity contribution in [1.82, 2.24) is 0 Å². The van der Waals surface area contributed by atoms with Crippen LogP contribution in [0.4, 0.5) is 10.5 Å². The second-order valence-corrected chi connectivity index (χ2v) is 5.01. The summed E-state index contributed by atoms with van der Waals surface area (Å²) in [4.78, 5) is 23.9. The number of para-hydroxylation sites is 1. The molecule has 0 aliphatic carbocycles. The van der Waals surface area contributed by atoms with E-state index in [-0.39, 0.29) is 12.3 Å². The number of ether oxygens (including phenoxy) is 2. The topological polar surface area (TPSA) is 77.8 Å². The van der Waals surface area contributed by atoms with Crippen LogP contribution in [0, 0.1) is 0 Å². The largest absolute Gasteiger partial charge is 0.493 e. The fraction of sp³-hybridized carbons (Fsp3) is 0.111. The molecule has 24 heavy (non-hydrogen) atoms. The van der Waals surface area contributed by atoms with E-state index in [9.17, 15) is 9.59 Å². The summed E-state index contributed by atoms with van der Waals surface area (Å²) in [6, 6.07) is 16.0. The molecule has 3 rings (SSSR count). The molecule has 6 nitrogen and oxygen atoms in total. The Kier molecular flexibility index (Phi) is 4.47. The molecule has 1 heterocycles. The molecule has 6 heteroatoms. The second-order valence-electron chi connectivity index (χ2n) is 5.01. The lowest BCUT2D eigenvalue weighted by molar-refractivity contribution is 0.155. The monoisotopic (exact) mass is 325 g/mol. The van der Waals surface area contributed by atoms with Gasteiger partial charge in [0.05, 0.1) is 7.11 Å². The summed E-state index contributed by atoms with van der Waals surface area (Å²) in [6.45, 7) is 0.111. The van der Waals surface area contributed by atoms with Gasteiger partial charge >= 0.3 is 11.7 Å². The van der Waals surface area contributed by atoms with E-state index < -0.39 is 11.7 Å². The lowest BCUT2D eigenvalue weighted by atomic mass is 10.2. The van der Waals surface area contributed by atoms with E-state index in [1.54, 1.807) is 18.2 Å². The summed E-state index contributed by atoms with van der Waals surface area (Å²) in [5.74, 6) is 0.447. The number of amides is 1. The Morgan fingerprint density at radius 1 is 1.12 bits per heavy atom. The summed E-state index contributed by atoms with van der Waals surface area (Å²) in [6.07, 6.45) is -0.728. The number of benzene rings is 2. The van der Waals surface area contributed by atoms with E-state index in [0.717, 1.165) is 5.56 Å². The Bertz CT molecular complexity index is 918. The normalized spacial score (nSPS) is 10.4. The summed E-state index contributed by atoms with van der Waals surface area (Å²) in [5.41, 5.74) is 0.508. The minimum absolute atomic E-state index is 0.00816. The van der Waals surface area contributed by atoms with E-state index >= 15 is 0 Å². The van der Waals surface area contributed by atoms with Gasteiger partial charge in [0.15, 0.2) is 11.3 Å². The first-order chi connectivity index (χ1) is 11.7. The lowest BCUT2D eigenvalue weighted by Gasteiger charge is -2.08. The fourth-order valence-corrected chi connectivity index (χ4v) is 2.23. The quantitative estimate of drug-likeness (QED) is 0.742. The van der Waals surface area contributed by atoms with Crippen molar-refractivity contribution in [3.63, 3.8) is 0 Å². The number of nitrogens with one attached hydrogen (secondary N) is 1. The van der Waals surface area contributed by atoms with Gasteiger partial charge in [-0.2, -0.15) is 0 Å². The molecular weight excluding hydrogens is 310 g/mol. The highest BCUT2D eigenvalue weighted by Gasteiger charge is 2.12. The van der Waals surface area contributed by atoms with E-state index in [1.807, 2.05) is 30.3 Å². The summed E-state index contributed by atoms with van der Waals surface area (Å²) >= 11 is 0. The van der Waals surface area contributed by atoms with Crippen molar-refractivity contribution in [3.8, 4) is 5.75 Å². The molecule has 2 aromatic carbocycles. The molecule has 3 aromatic rings. The van der Waals surface area contributed by atoms with Crippen LogP contribution in [0.15, 0.2) is 63.8 Å². The minimum atomic E-state index is -0.728. The average Bonchev–Trinajstić information content (AvgIpc) is 2.61. The van der Waals surface area contributed by atoms with Gasteiger partial charge in [-0.3, -0.25) is 5.32 Å². The Morgan fingerprint density at radius 3 is 2.67 bits per heavy atom. The summed E-state index contributed by atoms with van der Waals surface area (Å²) in [7, 11) is 1.49. The van der Waals surface area contributed by atoms with Gasteiger partial charge < -0.3 is 13.9 Å². The van der Waals surface area contributed by atoms with Gasteiger partial charge in [0.2, 0.25) is 0 Å². The highest BCUT2D eigenvalue weighted by molar-refractivity contribution is 5.89. The molecule has 1 N–H and O–H groups in total. The van der Waals surface area contributed by atoms with Crippen molar-refractivity contribution in [2.24, 2.45) is 0 Å². The van der Waals surface area contributed by atoms with Gasteiger partial charge in [0.25, 0.3) is 0 Å². The van der Waals surface area contributed by atoms with Crippen LogP contribution in [0.3, 0.4) is 0 Å². The molecule has 0 saturated carbocycles. The Morgan fingerprint density at radius 2 is 1.92 bits per heavy atom. The van der Waals surface area contributed by atoms with Gasteiger partial charge in [0.1, 0.15) is 12.3 Å². The number of hydrogen-bond acceptors (Lipinski definition) is 5. The number of rotatable bonds is 4. The third-order valence-electron chi connectivity index (χ3n) is 3.39. The van der Waals surface area contributed by atoms with Crippen LogP contribution in [0.1, 0.15) is 5.56 Å². The van der Waals surface area contributed by atoms with Crippen molar-refractivity contribution < 1.29 is 18.7 Å². The molecule has 0 fully saturated rings. The van der Waals surface area contributed by atoms with Gasteiger partial charge in [-0.05, 0) is 17.7 Å². The van der Waals surface area contributed by atoms with Crippen LogP contribution in [-0.2, 0) is 11.3 Å². The standard InChI is InChI=1S/C18H15NO5/c1-22-15-9-5-8-13-10-14(17(20)24-16(13)15)19-18(21)23-11-12-6-3-2-4-7-12/h2-10H,11H2,1H3,(H,19,21). The van der Waals surface area contributed by atoms with Crippen molar-refractivity contribution in [2.45, 2.75) is 6.61 Å². The predicted octanol–water partition coefficient (Wildman–Crippen LogP) is 3.55. The molecule has 122 valence electrons. The molecular formula is C18H15NO5. The number of anilines is 1. The van der Waals surface area contributed by atoms with Crippen LogP contribution < -0.4 is 15.7 Å². The van der Waals surface area contributed by atoms with E-state index in [2.05, 4.69) is 5.32 Å². The van der Waals surface area contributed by atoms with Crippen LogP contribution in [0.25, 0.3) is 11.0 Å². The zero-order valence-corrected chi connectivity index (χ0v) is 12.9. The van der Waals surface area contributed by atoms with Gasteiger partial charge in [0, 0.05) is 5.39 Å². The van der Waals surface area contributed by atoms with Crippen LogP contribution in [0.2, 0.25) is 0 Å². The number of methoxy groups -OCH3 is 1. The molecule has 1 aromatic heterocycles. The Balaban J connectivity index is 1.76. The first-order valence-electron chi connectivity index (χ1n) is 7.26. The van der Waals surface area contributed by atoms with Crippen molar-refractivity contribution in [3.05, 3.63) is 70.6 Å². The maximum atomic E-state index is 12.0. The SMILES string of the molecule is COc1cccc2cc(NC(=O)OCc3ccccc3)c(=O)oc12. The first-order valence-corrected chi connectivity index (χ1v) is 7.26. The number of carbonyl (C=O) groups is 1. The zero-order chi connectivity index (χ0) is 16.9. The minimum Gasteiger partial charge on any atom is -0.493 e. The molecule has 0 aliphatic heterocycles. The molecule has 0 saturated heterocycles. The Labute approximate surface area is 137 Å². The van der Waals surface area contributed by atoms with Gasteiger partial charge in [-0.15, -0.1) is 0 Å². The van der Waals surface area contributed by atoms with Crippen LogP contribution >= 0.6 is 0 Å². The molecule has 0 spiro atoms. The molecule has 0 bridgehead atoms. The first kappa shape index (κ1) is 15.6. The maximum Gasteiger partial charge on any atom is 0.412 e. The number of hydrogen-bond donors (Lipinski definition) is 1. The molecule has 0 radical (unpaired) electrons. The van der Waals surface area contributed by atoms with E-state index in [4.69, 9.17) is 13.9 Å². The van der Waals surface area contributed by atoms with Gasteiger partial charge in [-0.1, -0.05) is 42.5 Å². The maximum absolute atomic E-state index is 12.0. The molecule has 0 aliphatic rings. The third-order valence-corrected chi connectivity index (χ3v) is 3.39. The number of fused-ring (bicyclic) bond motifs is 1. The molecule has 1 amide bonds. The molecule has 0 unspecified atom stereocenters. The Hall–Kier alpha value is -3.28. The zero-order valence-electron chi connectivity index (χ0n) is 12.9. The highest BCUT2D eigenvalue weighted by Crippen LogP contribution is 2.25. The van der Waals surface area contributed by atoms with Crippen molar-refractivity contribution >= 4 is 22.7 Å². The number of carbonyl (C=O) groups excluding carboxylic acids is 1. The summed E-state index contributed by atoms with van der Waals surface area (Å²) < 4.78 is 15.5. The molecule has 0 atom stereocenters.